The van der Waals surface area contributed by atoms with Crippen molar-refractivity contribution in [2.75, 3.05) is 13.2 Å². The number of rotatable bonds is 8. The molecule has 6 rings (SSSR count). The molecule has 10 nitrogen and oxygen atoms in total. The molecule has 2 aromatic carbocycles. The van der Waals surface area contributed by atoms with Gasteiger partial charge in [-0.2, -0.15) is 4.31 Å². The van der Waals surface area contributed by atoms with Gasteiger partial charge in [0.05, 0.1) is 25.1 Å². The van der Waals surface area contributed by atoms with Gasteiger partial charge in [0.25, 0.3) is 0 Å². The molecule has 0 fully saturated rings. The molecule has 0 amide bonds. The SMILES string of the molecule is CCOC(=O)C[C@H](c1cc2c(c(CN3C[C@@H](CC)Oc4ncc(C)cc4S3(=O)=O)c1)CCC2)c1ccc2c(nnn2C)c1C. The van der Waals surface area contributed by atoms with Gasteiger partial charge in [0.15, 0.2) is 0 Å². The number of carbonyl (C=O) groups is 1. The summed E-state index contributed by atoms with van der Waals surface area (Å²) in [6.07, 6.45) is 4.90. The van der Waals surface area contributed by atoms with Gasteiger partial charge in [0.2, 0.25) is 15.9 Å². The summed E-state index contributed by atoms with van der Waals surface area (Å²) in [4.78, 5) is 17.4. The second kappa shape index (κ2) is 11.9. The van der Waals surface area contributed by atoms with Crippen LogP contribution in [0.2, 0.25) is 0 Å². The van der Waals surface area contributed by atoms with Crippen LogP contribution in [0.5, 0.6) is 5.88 Å². The minimum Gasteiger partial charge on any atom is -0.472 e. The topological polar surface area (TPSA) is 117 Å². The number of sulfonamides is 1. The smallest absolute Gasteiger partial charge is 0.306 e. The van der Waals surface area contributed by atoms with Crippen LogP contribution in [-0.4, -0.2) is 57.9 Å². The molecule has 11 heteroatoms. The van der Waals surface area contributed by atoms with Crippen molar-refractivity contribution in [2.24, 2.45) is 7.05 Å². The number of hydrogen-bond acceptors (Lipinski definition) is 8. The highest BCUT2D eigenvalue weighted by molar-refractivity contribution is 7.89. The number of ether oxygens (including phenoxy) is 2. The van der Waals surface area contributed by atoms with Crippen molar-refractivity contribution in [3.8, 4) is 5.88 Å². The zero-order valence-corrected chi connectivity index (χ0v) is 26.8. The first-order chi connectivity index (χ1) is 21.1. The molecule has 1 aliphatic heterocycles. The standard InChI is InChI=1S/C33H39N5O5S/c1-6-25-19-38(44(40,41)30-13-20(3)17-34-33(30)43-25)18-24-15-23(14-22-9-8-10-27(22)24)28(16-31(39)42-7-2)26-11-12-29-32(21(26)4)35-36-37(29)5/h11-15,17,25,28H,6-10,16,18-19H2,1-5H3/t25-,28-/m1/s1. The van der Waals surface area contributed by atoms with Crippen LogP contribution in [0.3, 0.4) is 0 Å². The lowest BCUT2D eigenvalue weighted by Gasteiger charge is -2.26. The molecule has 4 aromatic rings. The summed E-state index contributed by atoms with van der Waals surface area (Å²) in [6, 6.07) is 9.99. The summed E-state index contributed by atoms with van der Waals surface area (Å²) in [7, 11) is -2.03. The van der Waals surface area contributed by atoms with Crippen LogP contribution >= 0.6 is 0 Å². The highest BCUT2D eigenvalue weighted by atomic mass is 32.2. The fourth-order valence-corrected chi connectivity index (χ4v) is 8.21. The summed E-state index contributed by atoms with van der Waals surface area (Å²) in [5.41, 5.74) is 8.74. The molecule has 0 saturated heterocycles. The van der Waals surface area contributed by atoms with Crippen molar-refractivity contribution < 1.29 is 22.7 Å². The Balaban J connectivity index is 1.46. The number of esters is 1. The molecule has 0 radical (unpaired) electrons. The lowest BCUT2D eigenvalue weighted by Crippen LogP contribution is -2.36. The maximum Gasteiger partial charge on any atom is 0.306 e. The lowest BCUT2D eigenvalue weighted by atomic mass is 9.83. The van der Waals surface area contributed by atoms with Gasteiger partial charge in [0, 0.05) is 25.7 Å². The van der Waals surface area contributed by atoms with Gasteiger partial charge in [-0.15, -0.1) is 5.10 Å². The maximum absolute atomic E-state index is 14.1. The minimum atomic E-state index is -3.89. The van der Waals surface area contributed by atoms with Crippen LogP contribution < -0.4 is 4.74 Å². The molecule has 0 bridgehead atoms. The van der Waals surface area contributed by atoms with E-state index in [1.807, 2.05) is 40.0 Å². The van der Waals surface area contributed by atoms with Crippen LogP contribution in [0.15, 0.2) is 41.4 Å². The third kappa shape index (κ3) is 5.47. The zero-order valence-electron chi connectivity index (χ0n) is 26.0. The molecule has 232 valence electrons. The molecule has 2 atom stereocenters. The fourth-order valence-electron chi connectivity index (χ4n) is 6.60. The van der Waals surface area contributed by atoms with Gasteiger partial charge in [0.1, 0.15) is 16.5 Å². The van der Waals surface area contributed by atoms with Crippen LogP contribution in [0.4, 0.5) is 0 Å². The van der Waals surface area contributed by atoms with E-state index in [0.717, 1.165) is 58.1 Å². The Morgan fingerprint density at radius 2 is 1.98 bits per heavy atom. The summed E-state index contributed by atoms with van der Waals surface area (Å²) >= 11 is 0. The number of aryl methyl sites for hydroxylation is 4. The van der Waals surface area contributed by atoms with E-state index >= 15 is 0 Å². The highest BCUT2D eigenvalue weighted by Gasteiger charge is 2.36. The van der Waals surface area contributed by atoms with Gasteiger partial charge in [-0.1, -0.05) is 30.3 Å². The van der Waals surface area contributed by atoms with E-state index in [1.54, 1.807) is 28.2 Å². The molecular formula is C33H39N5O5S. The summed E-state index contributed by atoms with van der Waals surface area (Å²) in [5, 5.41) is 8.59. The van der Waals surface area contributed by atoms with Crippen LogP contribution in [-0.2, 0) is 46.0 Å². The average molecular weight is 618 g/mol. The maximum atomic E-state index is 14.1. The first-order valence-electron chi connectivity index (χ1n) is 15.3. The molecule has 0 N–H and O–H groups in total. The van der Waals surface area contributed by atoms with E-state index in [1.165, 1.54) is 11.1 Å². The molecule has 2 aliphatic rings. The monoisotopic (exact) mass is 617 g/mol. The van der Waals surface area contributed by atoms with E-state index < -0.39 is 10.0 Å². The van der Waals surface area contributed by atoms with Gasteiger partial charge >= 0.3 is 5.97 Å². The van der Waals surface area contributed by atoms with Gasteiger partial charge < -0.3 is 9.47 Å². The quantitative estimate of drug-likeness (QED) is 0.256. The Labute approximate surface area is 258 Å². The number of nitrogens with zero attached hydrogens (tertiary/aromatic N) is 5. The molecule has 3 heterocycles. The van der Waals surface area contributed by atoms with Crippen molar-refractivity contribution in [1.82, 2.24) is 24.3 Å². The predicted molar refractivity (Wildman–Crippen MR) is 166 cm³/mol. The van der Waals surface area contributed by atoms with Crippen molar-refractivity contribution in [1.29, 1.82) is 0 Å². The minimum absolute atomic E-state index is 0.106. The normalized spacial score (nSPS) is 18.3. The number of hydrogen-bond donors (Lipinski definition) is 0. The Hall–Kier alpha value is -3.83. The van der Waals surface area contributed by atoms with Crippen LogP contribution in [0.1, 0.15) is 78.0 Å². The predicted octanol–water partition coefficient (Wildman–Crippen LogP) is 4.92. The lowest BCUT2D eigenvalue weighted by molar-refractivity contribution is -0.143. The molecule has 44 heavy (non-hydrogen) atoms. The van der Waals surface area contributed by atoms with E-state index in [-0.39, 0.29) is 48.3 Å². The molecule has 0 spiro atoms. The fraction of sp³-hybridized carbons (Fsp3) is 0.455. The Kier molecular flexibility index (Phi) is 8.19. The van der Waals surface area contributed by atoms with Crippen molar-refractivity contribution in [2.45, 2.75) is 83.3 Å². The first-order valence-corrected chi connectivity index (χ1v) is 16.8. The third-order valence-corrected chi connectivity index (χ3v) is 10.7. The summed E-state index contributed by atoms with van der Waals surface area (Å²) < 4.78 is 43.0. The molecule has 0 saturated carbocycles. The first kappa shape index (κ1) is 30.2. The van der Waals surface area contributed by atoms with Gasteiger partial charge in [-0.3, -0.25) is 4.79 Å². The van der Waals surface area contributed by atoms with E-state index in [0.29, 0.717) is 13.0 Å². The Morgan fingerprint density at radius 3 is 2.75 bits per heavy atom. The second-order valence-corrected chi connectivity index (χ2v) is 13.8. The molecular weight excluding hydrogens is 578 g/mol. The highest BCUT2D eigenvalue weighted by Crippen LogP contribution is 2.39. The summed E-state index contributed by atoms with van der Waals surface area (Å²) in [5.74, 6) is -0.422. The Morgan fingerprint density at radius 1 is 1.16 bits per heavy atom. The van der Waals surface area contributed by atoms with Crippen molar-refractivity contribution in [3.63, 3.8) is 0 Å². The Bertz CT molecular complexity index is 1850. The van der Waals surface area contributed by atoms with Gasteiger partial charge in [-0.05, 0) is 97.5 Å². The third-order valence-electron chi connectivity index (χ3n) is 8.92. The molecule has 2 aromatic heterocycles. The van der Waals surface area contributed by atoms with Crippen LogP contribution in [0, 0.1) is 13.8 Å². The van der Waals surface area contributed by atoms with E-state index in [9.17, 15) is 13.2 Å². The van der Waals surface area contributed by atoms with E-state index in [4.69, 9.17) is 9.47 Å². The number of carbonyl (C=O) groups excluding carboxylic acids is 1. The number of aromatic nitrogens is 4. The average Bonchev–Trinajstić information content (AvgIpc) is 3.61. The van der Waals surface area contributed by atoms with Crippen molar-refractivity contribution in [3.05, 3.63) is 75.5 Å². The second-order valence-electron chi connectivity index (χ2n) is 11.9. The number of fused-ring (bicyclic) bond motifs is 3. The van der Waals surface area contributed by atoms with Crippen molar-refractivity contribution >= 4 is 27.0 Å². The largest absolute Gasteiger partial charge is 0.472 e. The van der Waals surface area contributed by atoms with E-state index in [2.05, 4.69) is 27.4 Å². The van der Waals surface area contributed by atoms with Gasteiger partial charge in [-0.25, -0.2) is 18.1 Å². The van der Waals surface area contributed by atoms with Crippen LogP contribution in [0.25, 0.3) is 11.0 Å². The number of pyridine rings is 1. The summed E-state index contributed by atoms with van der Waals surface area (Å²) in [6.45, 7) is 8.37. The zero-order chi connectivity index (χ0) is 31.2. The number of benzene rings is 2. The molecule has 1 aliphatic carbocycles. The molecule has 0 unspecified atom stereocenters.